The number of amides is 1. The van der Waals surface area contributed by atoms with Crippen molar-refractivity contribution in [3.8, 4) is 0 Å². The van der Waals surface area contributed by atoms with Crippen molar-refractivity contribution in [2.75, 3.05) is 5.75 Å². The Morgan fingerprint density at radius 2 is 2.00 bits per heavy atom. The number of hydrogen-bond donors (Lipinski definition) is 2. The van der Waals surface area contributed by atoms with E-state index in [0.29, 0.717) is 0 Å². The summed E-state index contributed by atoms with van der Waals surface area (Å²) in [4.78, 5) is 20.8. The first kappa shape index (κ1) is 13.1. The Morgan fingerprint density at radius 3 is 2.29 bits per heavy atom. The topological polar surface area (TPSA) is 66.4 Å². The third-order valence-corrected chi connectivity index (χ3v) is 1.92. The first-order valence-corrected chi connectivity index (χ1v) is 4.41. The molecule has 0 heterocycles. The van der Waals surface area contributed by atoms with Crippen LogP contribution in [0.25, 0.3) is 0 Å². The molecule has 0 bridgehead atoms. The molecule has 4 nitrogen and oxygen atoms in total. The van der Waals surface area contributed by atoms with E-state index in [1.807, 2.05) is 5.32 Å². The van der Waals surface area contributed by atoms with Gasteiger partial charge in [0.25, 0.3) is 0 Å². The molecule has 1 atom stereocenters. The Kier molecular flexibility index (Phi) is 4.75. The summed E-state index contributed by atoms with van der Waals surface area (Å²) in [5.74, 6) is -2.91. The fourth-order valence-corrected chi connectivity index (χ4v) is 1.18. The maximum Gasteiger partial charge on any atom is 0.441 e. The first-order chi connectivity index (χ1) is 6.22. The molecule has 0 aromatic rings. The van der Waals surface area contributed by atoms with Gasteiger partial charge in [-0.2, -0.15) is 13.2 Å². The van der Waals surface area contributed by atoms with Crippen molar-refractivity contribution in [3.05, 3.63) is 0 Å². The molecular formula is C6H8F3NO3S. The zero-order chi connectivity index (χ0) is 11.4. The summed E-state index contributed by atoms with van der Waals surface area (Å²) in [6, 6.07) is -1.51. The number of carboxylic acids is 1. The highest BCUT2D eigenvalue weighted by Crippen LogP contribution is 2.30. The Balaban J connectivity index is 4.11. The Bertz CT molecular complexity index is 231. The summed E-state index contributed by atoms with van der Waals surface area (Å²) in [7, 11) is 0. The Morgan fingerprint density at radius 1 is 1.50 bits per heavy atom. The number of alkyl halides is 3. The van der Waals surface area contributed by atoms with Crippen molar-refractivity contribution in [1.29, 1.82) is 0 Å². The molecule has 0 unspecified atom stereocenters. The SMILES string of the molecule is CC(=O)N[C@@H](CSC(F)(F)F)C(=O)O. The molecule has 0 aliphatic carbocycles. The highest BCUT2D eigenvalue weighted by molar-refractivity contribution is 8.00. The fourth-order valence-electron chi connectivity index (χ4n) is 0.598. The second kappa shape index (κ2) is 5.08. The lowest BCUT2D eigenvalue weighted by atomic mass is 10.3. The summed E-state index contributed by atoms with van der Waals surface area (Å²) >= 11 is -0.484. The zero-order valence-corrected chi connectivity index (χ0v) is 7.91. The van der Waals surface area contributed by atoms with E-state index in [1.54, 1.807) is 0 Å². The summed E-state index contributed by atoms with van der Waals surface area (Å²) < 4.78 is 35.0. The van der Waals surface area contributed by atoms with Gasteiger partial charge in [0, 0.05) is 12.7 Å². The highest BCUT2D eigenvalue weighted by atomic mass is 32.2. The summed E-state index contributed by atoms with van der Waals surface area (Å²) in [5, 5.41) is 10.3. The van der Waals surface area contributed by atoms with Crippen LogP contribution in [0.2, 0.25) is 0 Å². The van der Waals surface area contributed by atoms with Crippen LogP contribution in [0, 0.1) is 0 Å². The fraction of sp³-hybridized carbons (Fsp3) is 0.667. The average molecular weight is 231 g/mol. The molecule has 0 aliphatic rings. The van der Waals surface area contributed by atoms with Crippen LogP contribution in [0.3, 0.4) is 0 Å². The molecule has 0 saturated heterocycles. The molecule has 0 fully saturated rings. The van der Waals surface area contributed by atoms with Gasteiger partial charge in [0.05, 0.1) is 0 Å². The summed E-state index contributed by atoms with van der Waals surface area (Å²) in [6.07, 6.45) is 0. The number of halogens is 3. The van der Waals surface area contributed by atoms with Crippen LogP contribution in [0.5, 0.6) is 0 Å². The van der Waals surface area contributed by atoms with Crippen LogP contribution < -0.4 is 5.32 Å². The maximum atomic E-state index is 11.7. The minimum atomic E-state index is -4.49. The van der Waals surface area contributed by atoms with Crippen molar-refractivity contribution in [2.45, 2.75) is 18.5 Å². The van der Waals surface area contributed by atoms with Gasteiger partial charge in [-0.3, -0.25) is 4.79 Å². The summed E-state index contributed by atoms with van der Waals surface area (Å²) in [5.41, 5.74) is -4.49. The number of hydrogen-bond acceptors (Lipinski definition) is 3. The number of carboxylic acid groups (broad SMARTS) is 1. The average Bonchev–Trinajstić information content (AvgIpc) is 1.94. The van der Waals surface area contributed by atoms with Crippen LogP contribution in [-0.4, -0.2) is 34.3 Å². The third kappa shape index (κ3) is 6.58. The molecule has 0 rings (SSSR count). The number of thioether (sulfide) groups is 1. The largest absolute Gasteiger partial charge is 0.480 e. The molecular weight excluding hydrogens is 223 g/mol. The zero-order valence-electron chi connectivity index (χ0n) is 7.09. The molecule has 8 heteroatoms. The van der Waals surface area contributed by atoms with E-state index < -0.39 is 40.9 Å². The van der Waals surface area contributed by atoms with Crippen molar-refractivity contribution in [1.82, 2.24) is 5.32 Å². The lowest BCUT2D eigenvalue weighted by Crippen LogP contribution is -2.42. The molecule has 0 aromatic carbocycles. The first-order valence-electron chi connectivity index (χ1n) is 3.43. The molecule has 1 amide bonds. The summed E-state index contributed by atoms with van der Waals surface area (Å²) in [6.45, 7) is 1.04. The lowest BCUT2D eigenvalue weighted by Gasteiger charge is -2.13. The van der Waals surface area contributed by atoms with Crippen LogP contribution in [0.15, 0.2) is 0 Å². The number of rotatable bonds is 4. The van der Waals surface area contributed by atoms with Gasteiger partial charge in [0.15, 0.2) is 0 Å². The quantitative estimate of drug-likeness (QED) is 0.752. The molecule has 0 aromatic heterocycles. The smallest absolute Gasteiger partial charge is 0.441 e. The van der Waals surface area contributed by atoms with Gasteiger partial charge in [-0.1, -0.05) is 0 Å². The van der Waals surface area contributed by atoms with E-state index in [9.17, 15) is 22.8 Å². The van der Waals surface area contributed by atoms with E-state index in [1.165, 1.54) is 0 Å². The lowest BCUT2D eigenvalue weighted by molar-refractivity contribution is -0.140. The van der Waals surface area contributed by atoms with Crippen LogP contribution in [-0.2, 0) is 9.59 Å². The van der Waals surface area contributed by atoms with Gasteiger partial charge in [-0.05, 0) is 11.8 Å². The standard InChI is InChI=1S/C6H8F3NO3S/c1-3(11)10-4(5(12)13)2-14-6(7,8)9/h4H,2H2,1H3,(H,10,11)(H,12,13)/t4-/m0/s1. The van der Waals surface area contributed by atoms with Crippen molar-refractivity contribution in [2.24, 2.45) is 0 Å². The second-order valence-electron chi connectivity index (χ2n) is 2.35. The maximum absolute atomic E-state index is 11.7. The minimum absolute atomic E-state index is 0.484. The van der Waals surface area contributed by atoms with Crippen molar-refractivity contribution >= 4 is 23.6 Å². The van der Waals surface area contributed by atoms with Crippen molar-refractivity contribution < 1.29 is 27.9 Å². The molecule has 0 radical (unpaired) electrons. The van der Waals surface area contributed by atoms with Gasteiger partial charge in [0.2, 0.25) is 5.91 Å². The van der Waals surface area contributed by atoms with E-state index in [0.717, 1.165) is 6.92 Å². The van der Waals surface area contributed by atoms with Crippen LogP contribution in [0.4, 0.5) is 13.2 Å². The van der Waals surface area contributed by atoms with Gasteiger partial charge in [-0.25, -0.2) is 4.79 Å². The number of nitrogens with one attached hydrogen (secondary N) is 1. The molecule has 82 valence electrons. The van der Waals surface area contributed by atoms with Gasteiger partial charge in [0.1, 0.15) is 6.04 Å². The predicted molar refractivity (Wildman–Crippen MR) is 43.8 cm³/mol. The molecule has 0 aliphatic heterocycles. The minimum Gasteiger partial charge on any atom is -0.480 e. The van der Waals surface area contributed by atoms with E-state index in [-0.39, 0.29) is 0 Å². The predicted octanol–water partition coefficient (Wildman–Crippen LogP) is 0.829. The molecule has 0 saturated carbocycles. The van der Waals surface area contributed by atoms with Crippen LogP contribution >= 0.6 is 11.8 Å². The van der Waals surface area contributed by atoms with Gasteiger partial charge >= 0.3 is 11.5 Å². The van der Waals surface area contributed by atoms with E-state index in [2.05, 4.69) is 0 Å². The number of carbonyl (C=O) groups is 2. The van der Waals surface area contributed by atoms with E-state index in [4.69, 9.17) is 5.11 Å². The third-order valence-electron chi connectivity index (χ3n) is 1.09. The normalized spacial score (nSPS) is 13.4. The monoisotopic (exact) mass is 231 g/mol. The van der Waals surface area contributed by atoms with Crippen molar-refractivity contribution in [3.63, 3.8) is 0 Å². The number of carbonyl (C=O) groups excluding carboxylic acids is 1. The Hall–Kier alpha value is -0.920. The van der Waals surface area contributed by atoms with Crippen LogP contribution in [0.1, 0.15) is 6.92 Å². The molecule has 0 spiro atoms. The van der Waals surface area contributed by atoms with Gasteiger partial charge in [-0.15, -0.1) is 0 Å². The second-order valence-corrected chi connectivity index (χ2v) is 3.43. The van der Waals surface area contributed by atoms with Gasteiger partial charge < -0.3 is 10.4 Å². The molecule has 2 N–H and O–H groups in total. The number of aliphatic carboxylic acids is 1. The highest BCUT2D eigenvalue weighted by Gasteiger charge is 2.31. The Labute approximate surface area is 81.9 Å². The molecule has 14 heavy (non-hydrogen) atoms. The van der Waals surface area contributed by atoms with E-state index >= 15 is 0 Å².